The maximum Gasteiger partial charge on any atom is 0.255 e. The molecule has 0 saturated carbocycles. The molecule has 0 unspecified atom stereocenters. The van der Waals surface area contributed by atoms with E-state index < -0.39 is 5.91 Å². The van der Waals surface area contributed by atoms with Crippen LogP contribution in [0.2, 0.25) is 0 Å². The lowest BCUT2D eigenvalue weighted by atomic mass is 10.2. The third-order valence-electron chi connectivity index (χ3n) is 4.97. The topological polar surface area (TPSA) is 83.2 Å². The molecule has 8 heteroatoms. The van der Waals surface area contributed by atoms with Gasteiger partial charge in [-0.3, -0.25) is 4.79 Å². The molecule has 1 heterocycles. The van der Waals surface area contributed by atoms with E-state index in [1.54, 1.807) is 0 Å². The van der Waals surface area contributed by atoms with Gasteiger partial charge in [-0.05, 0) is 49.2 Å². The summed E-state index contributed by atoms with van der Waals surface area (Å²) in [5.74, 6) is 1.06. The van der Waals surface area contributed by atoms with E-state index >= 15 is 0 Å². The summed E-state index contributed by atoms with van der Waals surface area (Å²) in [5.41, 5.74) is 8.73. The average molecular weight is 537 g/mol. The zero-order valence-electron chi connectivity index (χ0n) is 18.2. The lowest BCUT2D eigenvalue weighted by Crippen LogP contribution is -2.52. The predicted octanol–water partition coefficient (Wildman–Crippen LogP) is 2.76. The van der Waals surface area contributed by atoms with Gasteiger partial charge >= 0.3 is 0 Å². The quantitative estimate of drug-likeness (QED) is 0.323. The summed E-state index contributed by atoms with van der Waals surface area (Å²) in [5, 5.41) is 3.41. The number of nitrogens with one attached hydrogen (secondary N) is 1. The molecule has 0 aliphatic carbocycles. The molecule has 1 saturated heterocycles. The summed E-state index contributed by atoms with van der Waals surface area (Å²) in [7, 11) is 0. The number of halogens is 1. The molecule has 0 spiro atoms. The SMILES string of the molecule is CCNC(=NCc1cccc(OCC(N)=O)c1)N1CCN(c2cccc(C)c2)CC1.I. The van der Waals surface area contributed by atoms with Gasteiger partial charge in [0.05, 0.1) is 6.54 Å². The molecule has 1 aliphatic rings. The van der Waals surface area contributed by atoms with E-state index in [1.807, 2.05) is 24.3 Å². The number of amides is 1. The highest BCUT2D eigenvalue weighted by molar-refractivity contribution is 14.0. The van der Waals surface area contributed by atoms with Crippen molar-refractivity contribution >= 4 is 41.5 Å². The second kappa shape index (κ2) is 12.4. The molecular weight excluding hydrogens is 505 g/mol. The van der Waals surface area contributed by atoms with Gasteiger partial charge in [-0.1, -0.05) is 24.3 Å². The molecule has 0 atom stereocenters. The van der Waals surface area contributed by atoms with E-state index in [0.29, 0.717) is 12.3 Å². The van der Waals surface area contributed by atoms with Gasteiger partial charge in [0.15, 0.2) is 12.6 Å². The van der Waals surface area contributed by atoms with Crippen molar-refractivity contribution in [2.24, 2.45) is 10.7 Å². The molecule has 0 bridgehead atoms. The van der Waals surface area contributed by atoms with Crippen LogP contribution in [-0.2, 0) is 11.3 Å². The number of anilines is 1. The molecule has 2 aromatic rings. The third-order valence-corrected chi connectivity index (χ3v) is 4.97. The standard InChI is InChI=1S/C23H31N5O2.HI/c1-3-25-23(26-16-19-7-5-9-21(15-19)30-17-22(24)29)28-12-10-27(11-13-28)20-8-4-6-18(2)14-20;/h4-9,14-15H,3,10-13,16-17H2,1-2H3,(H2,24,29)(H,25,26);1H. The highest BCUT2D eigenvalue weighted by Gasteiger charge is 2.19. The Balaban J connectivity index is 0.00000341. The Kier molecular flexibility index (Phi) is 9.90. The molecule has 7 nitrogen and oxygen atoms in total. The van der Waals surface area contributed by atoms with E-state index in [0.717, 1.165) is 44.2 Å². The third kappa shape index (κ3) is 7.61. The van der Waals surface area contributed by atoms with Crippen molar-refractivity contribution in [1.82, 2.24) is 10.2 Å². The molecule has 3 N–H and O–H groups in total. The van der Waals surface area contributed by atoms with Crippen molar-refractivity contribution in [3.8, 4) is 5.75 Å². The minimum atomic E-state index is -0.488. The lowest BCUT2D eigenvalue weighted by molar-refractivity contribution is -0.119. The molecule has 3 rings (SSSR count). The van der Waals surface area contributed by atoms with Crippen LogP contribution in [0, 0.1) is 6.92 Å². The van der Waals surface area contributed by atoms with Crippen molar-refractivity contribution in [2.75, 3.05) is 44.2 Å². The number of aryl methyl sites for hydroxylation is 1. The molecule has 1 fully saturated rings. The fourth-order valence-electron chi connectivity index (χ4n) is 3.48. The zero-order valence-corrected chi connectivity index (χ0v) is 20.5. The number of benzene rings is 2. The number of nitrogens with two attached hydrogens (primary N) is 1. The Hall–Kier alpha value is -2.49. The average Bonchev–Trinajstić information content (AvgIpc) is 2.76. The van der Waals surface area contributed by atoms with Gasteiger partial charge in [0, 0.05) is 38.4 Å². The van der Waals surface area contributed by atoms with Gasteiger partial charge in [-0.2, -0.15) is 0 Å². The summed E-state index contributed by atoms with van der Waals surface area (Å²) < 4.78 is 5.39. The Morgan fingerprint density at radius 1 is 1.13 bits per heavy atom. The van der Waals surface area contributed by atoms with Crippen molar-refractivity contribution in [2.45, 2.75) is 20.4 Å². The molecule has 168 valence electrons. The van der Waals surface area contributed by atoms with Crippen LogP contribution in [-0.4, -0.2) is 56.1 Å². The first-order valence-electron chi connectivity index (χ1n) is 10.4. The number of rotatable bonds is 7. The van der Waals surface area contributed by atoms with Crippen LogP contribution in [0.3, 0.4) is 0 Å². The first-order valence-corrected chi connectivity index (χ1v) is 10.4. The monoisotopic (exact) mass is 537 g/mol. The van der Waals surface area contributed by atoms with Crippen LogP contribution in [0.15, 0.2) is 53.5 Å². The Bertz CT molecular complexity index is 882. The first kappa shape index (κ1) is 24.8. The Morgan fingerprint density at radius 3 is 2.55 bits per heavy atom. The number of guanidine groups is 1. The predicted molar refractivity (Wildman–Crippen MR) is 136 cm³/mol. The van der Waals surface area contributed by atoms with Gasteiger partial charge < -0.3 is 25.6 Å². The van der Waals surface area contributed by atoms with Crippen LogP contribution in [0.5, 0.6) is 5.75 Å². The maximum absolute atomic E-state index is 10.9. The second-order valence-electron chi connectivity index (χ2n) is 7.39. The minimum absolute atomic E-state index is 0. The van der Waals surface area contributed by atoms with E-state index in [9.17, 15) is 4.79 Å². The molecular formula is C23H32IN5O2. The fraction of sp³-hybridized carbons (Fsp3) is 0.391. The van der Waals surface area contributed by atoms with Gasteiger partial charge in [0.1, 0.15) is 5.75 Å². The Labute approximate surface area is 201 Å². The number of hydrogen-bond acceptors (Lipinski definition) is 4. The molecule has 1 aliphatic heterocycles. The van der Waals surface area contributed by atoms with Crippen LogP contribution in [0.25, 0.3) is 0 Å². The highest BCUT2D eigenvalue weighted by Crippen LogP contribution is 2.18. The van der Waals surface area contributed by atoms with Crippen molar-refractivity contribution in [1.29, 1.82) is 0 Å². The highest BCUT2D eigenvalue weighted by atomic mass is 127. The number of carbonyl (C=O) groups excluding carboxylic acids is 1. The normalized spacial score (nSPS) is 14.1. The van der Waals surface area contributed by atoms with Crippen LogP contribution in [0.4, 0.5) is 5.69 Å². The smallest absolute Gasteiger partial charge is 0.255 e. The van der Waals surface area contributed by atoms with Crippen LogP contribution >= 0.6 is 24.0 Å². The zero-order chi connectivity index (χ0) is 21.3. The molecule has 0 radical (unpaired) electrons. The number of carbonyl (C=O) groups is 1. The number of nitrogens with zero attached hydrogens (tertiary/aromatic N) is 3. The molecule has 1 amide bonds. The summed E-state index contributed by atoms with van der Waals surface area (Å²) in [4.78, 5) is 20.5. The maximum atomic E-state index is 10.9. The fourth-order valence-corrected chi connectivity index (χ4v) is 3.48. The Morgan fingerprint density at radius 2 is 1.87 bits per heavy atom. The van der Waals surface area contributed by atoms with Gasteiger partial charge in [0.25, 0.3) is 5.91 Å². The van der Waals surface area contributed by atoms with Gasteiger partial charge in [-0.15, -0.1) is 24.0 Å². The summed E-state index contributed by atoms with van der Waals surface area (Å²) in [6, 6.07) is 16.3. The van der Waals surface area contributed by atoms with E-state index in [4.69, 9.17) is 15.5 Å². The second-order valence-corrected chi connectivity index (χ2v) is 7.39. The van der Waals surface area contributed by atoms with Gasteiger partial charge in [-0.25, -0.2) is 4.99 Å². The number of primary amides is 1. The molecule has 2 aromatic carbocycles. The van der Waals surface area contributed by atoms with E-state index in [2.05, 4.69) is 53.2 Å². The summed E-state index contributed by atoms with van der Waals surface area (Å²) >= 11 is 0. The van der Waals surface area contributed by atoms with E-state index in [1.165, 1.54) is 11.3 Å². The molecule has 31 heavy (non-hydrogen) atoms. The number of hydrogen-bond donors (Lipinski definition) is 2. The van der Waals surface area contributed by atoms with Crippen molar-refractivity contribution < 1.29 is 9.53 Å². The van der Waals surface area contributed by atoms with E-state index in [-0.39, 0.29) is 30.6 Å². The number of piperazine rings is 1. The van der Waals surface area contributed by atoms with Crippen LogP contribution in [0.1, 0.15) is 18.1 Å². The van der Waals surface area contributed by atoms with Crippen molar-refractivity contribution in [3.63, 3.8) is 0 Å². The van der Waals surface area contributed by atoms with Crippen LogP contribution < -0.4 is 20.7 Å². The largest absolute Gasteiger partial charge is 0.484 e. The van der Waals surface area contributed by atoms with Gasteiger partial charge in [0.2, 0.25) is 0 Å². The molecule has 0 aromatic heterocycles. The number of aliphatic imine (C=N–C) groups is 1. The summed E-state index contributed by atoms with van der Waals surface area (Å²) in [6.45, 7) is 9.20. The minimum Gasteiger partial charge on any atom is -0.484 e. The number of ether oxygens (including phenoxy) is 1. The first-order chi connectivity index (χ1) is 14.5. The van der Waals surface area contributed by atoms with Crippen molar-refractivity contribution in [3.05, 3.63) is 59.7 Å². The lowest BCUT2D eigenvalue weighted by Gasteiger charge is -2.37. The summed E-state index contributed by atoms with van der Waals surface area (Å²) in [6.07, 6.45) is 0.